The van der Waals surface area contributed by atoms with Crippen molar-refractivity contribution >= 4 is 38.6 Å². The Labute approximate surface area is 191 Å². The van der Waals surface area contributed by atoms with E-state index in [0.29, 0.717) is 30.2 Å². The summed E-state index contributed by atoms with van der Waals surface area (Å²) in [7, 11) is -1.92. The van der Waals surface area contributed by atoms with Crippen LogP contribution in [0.15, 0.2) is 56.6 Å². The largest absolute Gasteiger partial charge is 0.419 e. The van der Waals surface area contributed by atoms with Gasteiger partial charge in [-0.25, -0.2) is 13.2 Å². The third kappa shape index (κ3) is 4.60. The van der Waals surface area contributed by atoms with Gasteiger partial charge in [-0.05, 0) is 42.7 Å². The van der Waals surface area contributed by atoms with Crippen molar-refractivity contribution in [3.8, 4) is 0 Å². The van der Waals surface area contributed by atoms with E-state index in [1.807, 2.05) is 12.1 Å². The molecular formula is C22H24ClN3O5S. The molecule has 0 radical (unpaired) electrons. The van der Waals surface area contributed by atoms with Crippen LogP contribution in [0.5, 0.6) is 0 Å². The normalized spacial score (nSPS) is 14.8. The van der Waals surface area contributed by atoms with E-state index in [-0.39, 0.29) is 29.4 Å². The van der Waals surface area contributed by atoms with E-state index in [4.69, 9.17) is 16.0 Å². The van der Waals surface area contributed by atoms with Gasteiger partial charge in [-0.15, -0.1) is 0 Å². The molecule has 3 aromatic rings. The number of aromatic nitrogens is 1. The predicted octanol–water partition coefficient (Wildman–Crippen LogP) is 3.08. The number of carbonyl (C=O) groups excluding carboxylic acids is 1. The molecule has 32 heavy (non-hydrogen) atoms. The summed E-state index contributed by atoms with van der Waals surface area (Å²) in [6.07, 6.45) is 1.78. The van der Waals surface area contributed by atoms with Gasteiger partial charge in [-0.1, -0.05) is 23.7 Å². The lowest BCUT2D eigenvalue weighted by atomic mass is 10.2. The van der Waals surface area contributed by atoms with E-state index in [1.54, 1.807) is 30.1 Å². The Hall–Kier alpha value is -2.62. The number of benzene rings is 2. The average Bonchev–Trinajstić information content (AvgIpc) is 3.39. The number of aryl methyl sites for hydroxylation is 1. The molecule has 0 unspecified atom stereocenters. The first kappa shape index (κ1) is 22.6. The van der Waals surface area contributed by atoms with Crippen LogP contribution in [0, 0.1) is 0 Å². The number of oxazole rings is 1. The number of hydrogen-bond donors (Lipinski definition) is 0. The molecule has 1 aliphatic heterocycles. The molecule has 10 heteroatoms. The van der Waals surface area contributed by atoms with E-state index in [9.17, 15) is 18.0 Å². The maximum absolute atomic E-state index is 12.8. The molecule has 170 valence electrons. The number of rotatable bonds is 7. The van der Waals surface area contributed by atoms with E-state index >= 15 is 0 Å². The molecule has 0 spiro atoms. The molecule has 4 rings (SSSR count). The van der Waals surface area contributed by atoms with Crippen molar-refractivity contribution in [2.45, 2.75) is 37.2 Å². The fraction of sp³-hybridized carbons (Fsp3) is 0.364. The van der Waals surface area contributed by atoms with Crippen LogP contribution in [0.2, 0.25) is 5.02 Å². The van der Waals surface area contributed by atoms with Gasteiger partial charge in [0.2, 0.25) is 15.9 Å². The molecule has 0 saturated carbocycles. The molecule has 1 aliphatic rings. The molecule has 8 nitrogen and oxygen atoms in total. The third-order valence-electron chi connectivity index (χ3n) is 5.63. The second-order valence-corrected chi connectivity index (χ2v) is 10.3. The number of amides is 1. The average molecular weight is 478 g/mol. The van der Waals surface area contributed by atoms with Crippen molar-refractivity contribution in [3.63, 3.8) is 0 Å². The summed E-state index contributed by atoms with van der Waals surface area (Å²) < 4.78 is 33.6. The van der Waals surface area contributed by atoms with Gasteiger partial charge >= 0.3 is 5.76 Å². The van der Waals surface area contributed by atoms with Gasteiger partial charge in [-0.3, -0.25) is 9.36 Å². The zero-order valence-corrected chi connectivity index (χ0v) is 19.2. The zero-order chi connectivity index (χ0) is 22.9. The fourth-order valence-electron chi connectivity index (χ4n) is 3.89. The minimum absolute atomic E-state index is 0.0967. The first-order valence-corrected chi connectivity index (χ1v) is 12.2. The topological polar surface area (TPSA) is 92.8 Å². The standard InChI is InChI=1S/C22H24ClN3O5S/c1-24(15-16-5-4-6-17(23)13-16)21(27)9-12-26-19-8-7-18(14-20(19)31-22(26)28)32(29,30)25-10-2-3-11-25/h4-8,13-14H,2-3,9-12,15H2,1H3. The minimum atomic E-state index is -3.61. The predicted molar refractivity (Wildman–Crippen MR) is 121 cm³/mol. The van der Waals surface area contributed by atoms with Crippen molar-refractivity contribution in [1.29, 1.82) is 0 Å². The Kier molecular flexibility index (Phi) is 6.41. The number of halogens is 1. The van der Waals surface area contributed by atoms with Crippen LogP contribution in [0.3, 0.4) is 0 Å². The molecule has 1 aromatic heterocycles. The zero-order valence-electron chi connectivity index (χ0n) is 17.7. The maximum atomic E-state index is 12.8. The van der Waals surface area contributed by atoms with Gasteiger partial charge < -0.3 is 9.32 Å². The van der Waals surface area contributed by atoms with Crippen LogP contribution in [-0.2, 0) is 27.9 Å². The Balaban J connectivity index is 1.48. The molecule has 1 amide bonds. The summed E-state index contributed by atoms with van der Waals surface area (Å²) >= 11 is 5.99. The van der Waals surface area contributed by atoms with Gasteiger partial charge in [0.25, 0.3) is 0 Å². The van der Waals surface area contributed by atoms with Crippen LogP contribution in [0.1, 0.15) is 24.8 Å². The summed E-state index contributed by atoms with van der Waals surface area (Å²) in [6, 6.07) is 11.7. The molecule has 0 N–H and O–H groups in total. The molecular weight excluding hydrogens is 454 g/mol. The Bertz CT molecular complexity index is 1310. The summed E-state index contributed by atoms with van der Waals surface area (Å²) in [4.78, 5) is 26.6. The van der Waals surface area contributed by atoms with Crippen molar-refractivity contribution in [2.75, 3.05) is 20.1 Å². The molecule has 2 aromatic carbocycles. The van der Waals surface area contributed by atoms with Crippen molar-refractivity contribution in [1.82, 2.24) is 13.8 Å². The van der Waals surface area contributed by atoms with Gasteiger partial charge in [0.15, 0.2) is 5.58 Å². The van der Waals surface area contributed by atoms with E-state index in [0.717, 1.165) is 18.4 Å². The summed E-state index contributed by atoms with van der Waals surface area (Å²) in [5.41, 5.74) is 1.56. The van der Waals surface area contributed by atoms with E-state index in [1.165, 1.54) is 21.0 Å². The van der Waals surface area contributed by atoms with Crippen LogP contribution >= 0.6 is 11.6 Å². The second kappa shape index (κ2) is 9.09. The van der Waals surface area contributed by atoms with E-state index < -0.39 is 15.8 Å². The number of fused-ring (bicyclic) bond motifs is 1. The summed E-state index contributed by atoms with van der Waals surface area (Å²) in [6.45, 7) is 1.52. The highest BCUT2D eigenvalue weighted by molar-refractivity contribution is 7.89. The maximum Gasteiger partial charge on any atom is 0.419 e. The third-order valence-corrected chi connectivity index (χ3v) is 7.76. The second-order valence-electron chi connectivity index (χ2n) is 7.89. The van der Waals surface area contributed by atoms with Crippen LogP contribution in [0.25, 0.3) is 11.1 Å². The van der Waals surface area contributed by atoms with Gasteiger partial charge in [0.1, 0.15) is 0 Å². The fourth-order valence-corrected chi connectivity index (χ4v) is 5.64. The SMILES string of the molecule is CN(Cc1cccc(Cl)c1)C(=O)CCn1c(=O)oc2cc(S(=O)(=O)N3CCCC3)ccc21. The van der Waals surface area contributed by atoms with Crippen LogP contribution in [0.4, 0.5) is 0 Å². The molecule has 0 aliphatic carbocycles. The minimum Gasteiger partial charge on any atom is -0.408 e. The quantitative estimate of drug-likeness (QED) is 0.521. The van der Waals surface area contributed by atoms with Crippen LogP contribution in [-0.4, -0.2) is 48.2 Å². The number of carbonyl (C=O) groups is 1. The lowest BCUT2D eigenvalue weighted by Gasteiger charge is -2.17. The molecule has 0 atom stereocenters. The highest BCUT2D eigenvalue weighted by Gasteiger charge is 2.28. The monoisotopic (exact) mass is 477 g/mol. The van der Waals surface area contributed by atoms with E-state index in [2.05, 4.69) is 0 Å². The number of sulfonamides is 1. The van der Waals surface area contributed by atoms with Gasteiger partial charge in [0, 0.05) is 50.7 Å². The lowest BCUT2D eigenvalue weighted by molar-refractivity contribution is -0.130. The first-order chi connectivity index (χ1) is 15.3. The highest BCUT2D eigenvalue weighted by atomic mass is 35.5. The molecule has 0 bridgehead atoms. The Morgan fingerprint density at radius 3 is 2.62 bits per heavy atom. The van der Waals surface area contributed by atoms with Crippen molar-refractivity contribution in [3.05, 3.63) is 63.6 Å². The molecule has 2 heterocycles. The Morgan fingerprint density at radius 2 is 1.91 bits per heavy atom. The van der Waals surface area contributed by atoms with Gasteiger partial charge in [-0.2, -0.15) is 4.31 Å². The summed E-state index contributed by atoms with van der Waals surface area (Å²) in [5.74, 6) is -0.763. The lowest BCUT2D eigenvalue weighted by Crippen LogP contribution is -2.28. The first-order valence-electron chi connectivity index (χ1n) is 10.4. The number of hydrogen-bond acceptors (Lipinski definition) is 5. The van der Waals surface area contributed by atoms with Crippen molar-refractivity contribution in [2.24, 2.45) is 0 Å². The van der Waals surface area contributed by atoms with Crippen molar-refractivity contribution < 1.29 is 17.6 Å². The molecule has 1 saturated heterocycles. The molecule has 1 fully saturated rings. The summed E-state index contributed by atoms with van der Waals surface area (Å²) in [5, 5.41) is 0.603. The smallest absolute Gasteiger partial charge is 0.408 e. The Morgan fingerprint density at radius 1 is 1.16 bits per heavy atom. The van der Waals surface area contributed by atoms with Gasteiger partial charge in [0.05, 0.1) is 10.4 Å². The van der Waals surface area contributed by atoms with Crippen LogP contribution < -0.4 is 5.76 Å². The number of nitrogens with zero attached hydrogens (tertiary/aromatic N) is 3. The highest BCUT2D eigenvalue weighted by Crippen LogP contribution is 2.24.